The van der Waals surface area contributed by atoms with E-state index in [2.05, 4.69) is 4.74 Å². The summed E-state index contributed by atoms with van der Waals surface area (Å²) in [6.45, 7) is 0.330. The quantitative estimate of drug-likeness (QED) is 0.228. The number of fused-ring (bicyclic) bond motifs is 1. The molecule has 0 bridgehead atoms. The lowest BCUT2D eigenvalue weighted by atomic mass is 10.1. The van der Waals surface area contributed by atoms with E-state index in [0.717, 1.165) is 5.56 Å². The lowest BCUT2D eigenvalue weighted by molar-refractivity contribution is -0.123. The van der Waals surface area contributed by atoms with Gasteiger partial charge in [-0.15, -0.1) is 11.3 Å². The summed E-state index contributed by atoms with van der Waals surface area (Å²) in [5, 5.41) is 20.6. The van der Waals surface area contributed by atoms with Crippen molar-refractivity contribution in [2.45, 2.75) is 0 Å². The average Bonchev–Trinajstić information content (AvgIpc) is 3.12. The van der Waals surface area contributed by atoms with Crippen molar-refractivity contribution < 1.29 is 29.3 Å². The molecule has 7 heteroatoms. The number of phenolic OH excluding ortho intramolecular Hbond substituents is 2. The molecule has 2 N–H and O–H groups in total. The molecule has 0 amide bonds. The highest BCUT2D eigenvalue weighted by Crippen LogP contribution is 2.43. The number of rotatable bonds is 7. The van der Waals surface area contributed by atoms with E-state index in [1.54, 1.807) is 60.7 Å². The predicted molar refractivity (Wildman–Crippen MR) is 118 cm³/mol. The SMILES string of the molecule is O=CO/C=C/c1ccc(Oc2c(C(=O)c3ccccc3O)sc3cc(O)ccc23)cc1. The van der Waals surface area contributed by atoms with Crippen LogP contribution in [0.4, 0.5) is 0 Å². The first-order chi connectivity index (χ1) is 15.1. The van der Waals surface area contributed by atoms with Crippen molar-refractivity contribution in [2.24, 2.45) is 0 Å². The molecule has 0 saturated heterocycles. The van der Waals surface area contributed by atoms with E-state index in [4.69, 9.17) is 4.74 Å². The molecule has 1 aromatic heterocycles. The molecule has 6 nitrogen and oxygen atoms in total. The van der Waals surface area contributed by atoms with Crippen molar-refractivity contribution in [1.82, 2.24) is 0 Å². The first-order valence-corrected chi connectivity index (χ1v) is 10.0. The Hall–Kier alpha value is -4.10. The number of ketones is 1. The van der Waals surface area contributed by atoms with Gasteiger partial charge in [-0.25, -0.2) is 0 Å². The average molecular weight is 432 g/mol. The van der Waals surface area contributed by atoms with Gasteiger partial charge in [0, 0.05) is 10.1 Å². The minimum Gasteiger partial charge on any atom is -0.508 e. The second-order valence-corrected chi connectivity index (χ2v) is 7.55. The van der Waals surface area contributed by atoms with Crippen molar-refractivity contribution in [3.8, 4) is 23.0 Å². The summed E-state index contributed by atoms with van der Waals surface area (Å²) >= 11 is 1.18. The maximum Gasteiger partial charge on any atom is 0.297 e. The fourth-order valence-corrected chi connectivity index (χ4v) is 4.13. The lowest BCUT2D eigenvalue weighted by Gasteiger charge is -2.09. The number of thiophene rings is 1. The number of benzene rings is 3. The van der Waals surface area contributed by atoms with Crippen molar-refractivity contribution in [2.75, 3.05) is 0 Å². The number of carbonyl (C=O) groups is 2. The van der Waals surface area contributed by atoms with Crippen LogP contribution in [0.1, 0.15) is 20.8 Å². The Labute approximate surface area is 181 Å². The highest BCUT2D eigenvalue weighted by atomic mass is 32.1. The molecule has 31 heavy (non-hydrogen) atoms. The van der Waals surface area contributed by atoms with Gasteiger partial charge in [-0.1, -0.05) is 24.3 Å². The Bertz CT molecular complexity index is 1290. The molecule has 0 spiro atoms. The minimum absolute atomic E-state index is 0.0792. The predicted octanol–water partition coefficient (Wildman–Crippen LogP) is 5.48. The molecular formula is C24H16O6S. The number of para-hydroxylation sites is 1. The van der Waals surface area contributed by atoms with Gasteiger partial charge in [0.2, 0.25) is 5.78 Å². The third kappa shape index (κ3) is 4.26. The van der Waals surface area contributed by atoms with E-state index in [9.17, 15) is 19.8 Å². The highest BCUT2D eigenvalue weighted by molar-refractivity contribution is 7.21. The fourth-order valence-electron chi connectivity index (χ4n) is 3.02. The van der Waals surface area contributed by atoms with Crippen molar-refractivity contribution >= 4 is 39.8 Å². The van der Waals surface area contributed by atoms with Crippen LogP contribution in [0.25, 0.3) is 16.2 Å². The number of hydrogen-bond donors (Lipinski definition) is 2. The Morgan fingerprint density at radius 3 is 2.48 bits per heavy atom. The molecule has 0 aliphatic rings. The van der Waals surface area contributed by atoms with E-state index in [1.807, 2.05) is 0 Å². The Balaban J connectivity index is 1.74. The summed E-state index contributed by atoms with van der Waals surface area (Å²) in [7, 11) is 0. The zero-order valence-corrected chi connectivity index (χ0v) is 16.8. The van der Waals surface area contributed by atoms with Crippen molar-refractivity contribution in [3.63, 3.8) is 0 Å². The van der Waals surface area contributed by atoms with Gasteiger partial charge >= 0.3 is 0 Å². The molecule has 1 heterocycles. The third-order valence-electron chi connectivity index (χ3n) is 4.48. The van der Waals surface area contributed by atoms with Gasteiger partial charge in [0.15, 0.2) is 5.75 Å². The van der Waals surface area contributed by atoms with Crippen LogP contribution >= 0.6 is 11.3 Å². The van der Waals surface area contributed by atoms with E-state index < -0.39 is 0 Å². The summed E-state index contributed by atoms with van der Waals surface area (Å²) in [6, 6.07) is 18.1. The number of ether oxygens (including phenoxy) is 2. The van der Waals surface area contributed by atoms with Crippen LogP contribution in [0.3, 0.4) is 0 Å². The lowest BCUT2D eigenvalue weighted by Crippen LogP contribution is -2.01. The van der Waals surface area contributed by atoms with E-state index >= 15 is 0 Å². The first kappa shape index (κ1) is 20.2. The van der Waals surface area contributed by atoms with Crippen LogP contribution in [0.5, 0.6) is 23.0 Å². The molecule has 0 saturated carbocycles. The Kier molecular flexibility index (Phi) is 5.68. The highest BCUT2D eigenvalue weighted by Gasteiger charge is 2.24. The monoisotopic (exact) mass is 432 g/mol. The second kappa shape index (κ2) is 8.73. The summed E-state index contributed by atoms with van der Waals surface area (Å²) in [5.74, 6) is 0.427. The van der Waals surface area contributed by atoms with E-state index in [0.29, 0.717) is 32.9 Å². The Morgan fingerprint density at radius 1 is 0.968 bits per heavy atom. The van der Waals surface area contributed by atoms with Crippen LogP contribution in [-0.2, 0) is 9.53 Å². The summed E-state index contributed by atoms with van der Waals surface area (Å²) in [5.41, 5.74) is 0.957. The molecule has 0 aliphatic carbocycles. The molecule has 0 fully saturated rings. The van der Waals surface area contributed by atoms with Gasteiger partial charge in [0.1, 0.15) is 22.1 Å². The minimum atomic E-state index is -0.376. The fraction of sp³-hybridized carbons (Fsp3) is 0. The van der Waals surface area contributed by atoms with E-state index in [1.165, 1.54) is 29.7 Å². The smallest absolute Gasteiger partial charge is 0.297 e. The standard InChI is InChI=1S/C24H16O6S/c25-14-29-12-11-15-5-8-17(9-6-15)30-23-19-10-7-16(26)13-21(19)31-24(23)22(28)18-3-1-2-4-20(18)27/h1-14,26-27H/b12-11+. The molecule has 0 aliphatic heterocycles. The van der Waals surface area contributed by atoms with Gasteiger partial charge in [-0.3, -0.25) is 9.59 Å². The molecule has 0 unspecified atom stereocenters. The molecule has 4 aromatic rings. The zero-order valence-electron chi connectivity index (χ0n) is 16.0. The number of hydrogen-bond acceptors (Lipinski definition) is 7. The normalized spacial score (nSPS) is 11.0. The van der Waals surface area contributed by atoms with E-state index in [-0.39, 0.29) is 22.8 Å². The summed E-state index contributed by atoms with van der Waals surface area (Å²) < 4.78 is 11.3. The number of carbonyl (C=O) groups excluding carboxylic acids is 2. The van der Waals surface area contributed by atoms with Crippen LogP contribution in [0.15, 0.2) is 73.0 Å². The van der Waals surface area contributed by atoms with Crippen molar-refractivity contribution in [3.05, 3.63) is 89.0 Å². The number of aromatic hydroxyl groups is 2. The molecule has 0 radical (unpaired) electrons. The van der Waals surface area contributed by atoms with Gasteiger partial charge < -0.3 is 19.7 Å². The number of phenols is 2. The molecule has 4 rings (SSSR count). The summed E-state index contributed by atoms with van der Waals surface area (Å²) in [6.07, 6.45) is 2.89. The van der Waals surface area contributed by atoms with Crippen molar-refractivity contribution in [1.29, 1.82) is 0 Å². The zero-order chi connectivity index (χ0) is 21.8. The Morgan fingerprint density at radius 2 is 1.74 bits per heavy atom. The van der Waals surface area contributed by atoms with Gasteiger partial charge in [-0.2, -0.15) is 0 Å². The first-order valence-electron chi connectivity index (χ1n) is 9.18. The molecule has 3 aromatic carbocycles. The second-order valence-electron chi connectivity index (χ2n) is 6.49. The molecule has 0 atom stereocenters. The summed E-state index contributed by atoms with van der Waals surface area (Å²) in [4.78, 5) is 23.7. The maximum atomic E-state index is 13.2. The van der Waals surface area contributed by atoms with Gasteiger partial charge in [0.25, 0.3) is 6.47 Å². The van der Waals surface area contributed by atoms with Crippen LogP contribution < -0.4 is 4.74 Å². The third-order valence-corrected chi connectivity index (χ3v) is 5.61. The maximum absolute atomic E-state index is 13.2. The molecule has 154 valence electrons. The largest absolute Gasteiger partial charge is 0.508 e. The van der Waals surface area contributed by atoms with Crippen LogP contribution in [-0.4, -0.2) is 22.5 Å². The van der Waals surface area contributed by atoms with Crippen LogP contribution in [0, 0.1) is 0 Å². The van der Waals surface area contributed by atoms with Gasteiger partial charge in [0.05, 0.1) is 11.8 Å². The topological polar surface area (TPSA) is 93.1 Å². The van der Waals surface area contributed by atoms with Crippen LogP contribution in [0.2, 0.25) is 0 Å². The van der Waals surface area contributed by atoms with Gasteiger partial charge in [-0.05, 0) is 54.1 Å². The molecular weight excluding hydrogens is 416 g/mol.